The average Bonchev–Trinajstić information content (AvgIpc) is 2.21. The maximum atomic E-state index is 11.8. The summed E-state index contributed by atoms with van der Waals surface area (Å²) in [7, 11) is 0. The molecule has 0 N–H and O–H groups in total. The Hall–Kier alpha value is -0.680. The van der Waals surface area contributed by atoms with Crippen LogP contribution in [0.25, 0.3) is 0 Å². The van der Waals surface area contributed by atoms with Gasteiger partial charge in [-0.25, -0.2) is 0 Å². The van der Waals surface area contributed by atoms with E-state index in [1.54, 1.807) is 0 Å². The van der Waals surface area contributed by atoms with Crippen LogP contribution in [0.15, 0.2) is 23.1 Å². The van der Waals surface area contributed by atoms with Gasteiger partial charge in [0.15, 0.2) is 0 Å². The minimum absolute atomic E-state index is 0.108. The Morgan fingerprint density at radius 3 is 2.47 bits per heavy atom. The molecule has 0 fully saturated rings. The van der Waals surface area contributed by atoms with Crippen molar-refractivity contribution >= 4 is 11.8 Å². The Balaban J connectivity index is 2.25. The van der Waals surface area contributed by atoms with Gasteiger partial charge in [-0.05, 0) is 37.1 Å². The standard InChI is InChI=1S/C12H15F3OS/c1-9-3-4-11(7-10(9)2)17-6-5-16-8-12(13,14)15/h3-4,7H,5-6,8H2,1-2H3. The molecule has 0 saturated carbocycles. The van der Waals surface area contributed by atoms with Gasteiger partial charge >= 0.3 is 6.18 Å². The van der Waals surface area contributed by atoms with Crippen molar-refractivity contribution in [1.29, 1.82) is 0 Å². The van der Waals surface area contributed by atoms with E-state index in [9.17, 15) is 13.2 Å². The van der Waals surface area contributed by atoms with Crippen molar-refractivity contribution in [3.63, 3.8) is 0 Å². The van der Waals surface area contributed by atoms with Crippen molar-refractivity contribution in [2.24, 2.45) is 0 Å². The third-order valence-corrected chi connectivity index (χ3v) is 3.20. The van der Waals surface area contributed by atoms with Gasteiger partial charge in [0.2, 0.25) is 0 Å². The molecule has 0 amide bonds. The summed E-state index contributed by atoms with van der Waals surface area (Å²) in [5.41, 5.74) is 2.40. The molecule has 0 radical (unpaired) electrons. The van der Waals surface area contributed by atoms with Crippen LogP contribution in [0.3, 0.4) is 0 Å². The van der Waals surface area contributed by atoms with Crippen LogP contribution in [-0.2, 0) is 4.74 Å². The maximum absolute atomic E-state index is 11.8. The van der Waals surface area contributed by atoms with Gasteiger partial charge in [0.1, 0.15) is 6.61 Å². The molecule has 0 spiro atoms. The number of benzene rings is 1. The maximum Gasteiger partial charge on any atom is 0.411 e. The zero-order chi connectivity index (χ0) is 12.9. The molecule has 96 valence electrons. The van der Waals surface area contributed by atoms with Gasteiger partial charge in [0.25, 0.3) is 0 Å². The lowest BCUT2D eigenvalue weighted by Gasteiger charge is -2.08. The van der Waals surface area contributed by atoms with Crippen LogP contribution < -0.4 is 0 Å². The summed E-state index contributed by atoms with van der Waals surface area (Å²) in [5, 5.41) is 0. The van der Waals surface area contributed by atoms with E-state index in [1.165, 1.54) is 22.9 Å². The van der Waals surface area contributed by atoms with E-state index in [-0.39, 0.29) is 6.61 Å². The lowest BCUT2D eigenvalue weighted by Crippen LogP contribution is -2.17. The van der Waals surface area contributed by atoms with Crippen molar-refractivity contribution < 1.29 is 17.9 Å². The molecule has 0 aliphatic rings. The van der Waals surface area contributed by atoms with Gasteiger partial charge in [-0.3, -0.25) is 0 Å². The lowest BCUT2D eigenvalue weighted by atomic mass is 10.1. The van der Waals surface area contributed by atoms with Gasteiger partial charge in [-0.2, -0.15) is 13.2 Å². The first-order chi connectivity index (χ1) is 7.88. The molecular weight excluding hydrogens is 249 g/mol. The largest absolute Gasteiger partial charge is 0.411 e. The highest BCUT2D eigenvalue weighted by atomic mass is 32.2. The van der Waals surface area contributed by atoms with Crippen molar-refractivity contribution in [1.82, 2.24) is 0 Å². The fourth-order valence-electron chi connectivity index (χ4n) is 1.21. The molecule has 0 aromatic heterocycles. The van der Waals surface area contributed by atoms with Crippen LogP contribution in [0.4, 0.5) is 13.2 Å². The van der Waals surface area contributed by atoms with E-state index in [0.717, 1.165) is 4.90 Å². The summed E-state index contributed by atoms with van der Waals surface area (Å²) in [6.07, 6.45) is -4.23. The third-order valence-electron chi connectivity index (χ3n) is 2.24. The van der Waals surface area contributed by atoms with Crippen molar-refractivity contribution in [3.05, 3.63) is 29.3 Å². The Morgan fingerprint density at radius 1 is 1.18 bits per heavy atom. The number of rotatable bonds is 5. The highest BCUT2D eigenvalue weighted by Gasteiger charge is 2.27. The van der Waals surface area contributed by atoms with Crippen LogP contribution in [0.2, 0.25) is 0 Å². The fraction of sp³-hybridized carbons (Fsp3) is 0.500. The van der Waals surface area contributed by atoms with Gasteiger partial charge in [-0.15, -0.1) is 11.8 Å². The quantitative estimate of drug-likeness (QED) is 0.588. The smallest absolute Gasteiger partial charge is 0.371 e. The number of thioether (sulfide) groups is 1. The first-order valence-electron chi connectivity index (χ1n) is 5.23. The first-order valence-corrected chi connectivity index (χ1v) is 6.21. The summed E-state index contributed by atoms with van der Waals surface area (Å²) < 4.78 is 39.8. The Labute approximate surface area is 103 Å². The summed E-state index contributed by atoms with van der Waals surface area (Å²) in [6.45, 7) is 2.98. The van der Waals surface area contributed by atoms with E-state index in [2.05, 4.69) is 4.74 Å². The van der Waals surface area contributed by atoms with Crippen molar-refractivity contribution in [3.8, 4) is 0 Å². The molecular formula is C12H15F3OS. The monoisotopic (exact) mass is 264 g/mol. The Morgan fingerprint density at radius 2 is 1.88 bits per heavy atom. The molecule has 17 heavy (non-hydrogen) atoms. The second kappa shape index (κ2) is 6.31. The predicted octanol–water partition coefficient (Wildman–Crippen LogP) is 3.97. The molecule has 1 aromatic carbocycles. The van der Waals surface area contributed by atoms with Crippen molar-refractivity contribution in [2.75, 3.05) is 19.0 Å². The number of ether oxygens (including phenoxy) is 1. The van der Waals surface area contributed by atoms with E-state index in [0.29, 0.717) is 5.75 Å². The summed E-state index contributed by atoms with van der Waals surface area (Å²) in [6, 6.07) is 6.01. The van der Waals surface area contributed by atoms with Crippen LogP contribution in [0.1, 0.15) is 11.1 Å². The molecule has 1 rings (SSSR count). The van der Waals surface area contributed by atoms with E-state index < -0.39 is 12.8 Å². The van der Waals surface area contributed by atoms with Gasteiger partial charge in [0, 0.05) is 10.6 Å². The summed E-state index contributed by atoms with van der Waals surface area (Å²) in [5.74, 6) is 0.526. The topological polar surface area (TPSA) is 9.23 Å². The van der Waals surface area contributed by atoms with Crippen LogP contribution in [0.5, 0.6) is 0 Å². The lowest BCUT2D eigenvalue weighted by molar-refractivity contribution is -0.172. The predicted molar refractivity (Wildman–Crippen MR) is 63.5 cm³/mol. The number of aryl methyl sites for hydroxylation is 2. The normalized spacial score (nSPS) is 11.8. The van der Waals surface area contributed by atoms with E-state index >= 15 is 0 Å². The van der Waals surface area contributed by atoms with Crippen LogP contribution in [-0.4, -0.2) is 25.1 Å². The van der Waals surface area contributed by atoms with Crippen molar-refractivity contribution in [2.45, 2.75) is 24.9 Å². The molecule has 5 heteroatoms. The van der Waals surface area contributed by atoms with Gasteiger partial charge in [0.05, 0.1) is 6.61 Å². The number of halogens is 3. The van der Waals surface area contributed by atoms with Gasteiger partial charge in [-0.1, -0.05) is 6.07 Å². The molecule has 0 bridgehead atoms. The average molecular weight is 264 g/mol. The fourth-order valence-corrected chi connectivity index (χ4v) is 2.07. The first kappa shape index (κ1) is 14.4. The molecule has 1 nitrogen and oxygen atoms in total. The molecule has 0 saturated heterocycles. The number of hydrogen-bond donors (Lipinski definition) is 0. The van der Waals surface area contributed by atoms with Crippen LogP contribution >= 0.6 is 11.8 Å². The SMILES string of the molecule is Cc1ccc(SCCOCC(F)(F)F)cc1C. The van der Waals surface area contributed by atoms with Crippen LogP contribution in [0, 0.1) is 13.8 Å². The second-order valence-electron chi connectivity index (χ2n) is 3.76. The van der Waals surface area contributed by atoms with E-state index in [4.69, 9.17) is 0 Å². The van der Waals surface area contributed by atoms with Gasteiger partial charge < -0.3 is 4.74 Å². The zero-order valence-electron chi connectivity index (χ0n) is 9.80. The van der Waals surface area contributed by atoms with E-state index in [1.807, 2.05) is 32.0 Å². The number of alkyl halides is 3. The summed E-state index contributed by atoms with van der Waals surface area (Å²) in [4.78, 5) is 1.06. The molecule has 0 atom stereocenters. The Bertz CT molecular complexity index is 363. The molecule has 0 heterocycles. The molecule has 0 unspecified atom stereocenters. The Kier molecular flexibility index (Phi) is 5.33. The molecule has 0 aliphatic carbocycles. The second-order valence-corrected chi connectivity index (χ2v) is 4.93. The minimum Gasteiger partial charge on any atom is -0.371 e. The highest BCUT2D eigenvalue weighted by molar-refractivity contribution is 7.99. The molecule has 0 aliphatic heterocycles. The summed E-state index contributed by atoms with van der Waals surface area (Å²) >= 11 is 1.50. The number of hydrogen-bond acceptors (Lipinski definition) is 2. The third kappa shape index (κ3) is 5.98. The minimum atomic E-state index is -4.23. The zero-order valence-corrected chi connectivity index (χ0v) is 10.6. The highest BCUT2D eigenvalue weighted by Crippen LogP contribution is 2.21. The molecule has 1 aromatic rings.